The van der Waals surface area contributed by atoms with Crippen LogP contribution in [0.3, 0.4) is 0 Å². The smallest absolute Gasteiger partial charge is 0.311 e. The number of carbonyl (C=O) groups excluding carboxylic acids is 1. The van der Waals surface area contributed by atoms with Crippen LogP contribution < -0.4 is 0 Å². The van der Waals surface area contributed by atoms with Gasteiger partial charge in [-0.05, 0) is 65.5 Å². The Morgan fingerprint density at radius 1 is 1.14 bits per heavy atom. The molecule has 6 nitrogen and oxygen atoms in total. The quantitative estimate of drug-likeness (QED) is 0.298. The maximum absolute atomic E-state index is 12.4. The van der Waals surface area contributed by atoms with Gasteiger partial charge in [0.1, 0.15) is 6.61 Å². The van der Waals surface area contributed by atoms with Crippen molar-refractivity contribution in [2.45, 2.75) is 71.8 Å². The molecule has 0 fully saturated rings. The fourth-order valence-electron chi connectivity index (χ4n) is 2.77. The Morgan fingerprint density at radius 2 is 1.72 bits per heavy atom. The summed E-state index contributed by atoms with van der Waals surface area (Å²) in [5, 5.41) is 9.91. The number of esters is 1. The van der Waals surface area contributed by atoms with E-state index in [2.05, 4.69) is 11.8 Å². The highest BCUT2D eigenvalue weighted by Gasteiger charge is 2.23. The van der Waals surface area contributed by atoms with E-state index < -0.39 is 21.6 Å². The summed E-state index contributed by atoms with van der Waals surface area (Å²) in [4.78, 5) is 11.8. The molecule has 1 aromatic rings. The van der Waals surface area contributed by atoms with Crippen LogP contribution in [0.25, 0.3) is 0 Å². The van der Waals surface area contributed by atoms with E-state index in [0.29, 0.717) is 24.0 Å². The van der Waals surface area contributed by atoms with Gasteiger partial charge in [0.2, 0.25) is 0 Å². The van der Waals surface area contributed by atoms with Crippen LogP contribution in [0.2, 0.25) is 0 Å². The van der Waals surface area contributed by atoms with Gasteiger partial charge >= 0.3 is 5.97 Å². The van der Waals surface area contributed by atoms with Crippen molar-refractivity contribution in [2.24, 2.45) is 5.41 Å². The third-order valence-electron chi connectivity index (χ3n) is 4.13. The Morgan fingerprint density at radius 3 is 2.28 bits per heavy atom. The van der Waals surface area contributed by atoms with Crippen molar-refractivity contribution in [3.05, 3.63) is 28.8 Å². The van der Waals surface area contributed by atoms with Crippen LogP contribution in [0.5, 0.6) is 0 Å². The number of hydrogen-bond acceptors (Lipinski definition) is 6. The summed E-state index contributed by atoms with van der Waals surface area (Å²) in [5.74, 6) is 5.07. The monoisotopic (exact) mass is 424 g/mol. The largest absolute Gasteiger partial charge is 0.465 e. The van der Waals surface area contributed by atoms with Crippen molar-refractivity contribution < 1.29 is 27.2 Å². The molecule has 0 spiro atoms. The lowest BCUT2D eigenvalue weighted by atomic mass is 9.97. The molecule has 29 heavy (non-hydrogen) atoms. The average molecular weight is 425 g/mol. The summed E-state index contributed by atoms with van der Waals surface area (Å²) < 4.78 is 35.0. The highest BCUT2D eigenvalue weighted by Crippen LogP contribution is 2.23. The molecule has 1 rings (SSSR count). The molecule has 0 saturated heterocycles. The molecule has 1 atom stereocenters. The molecule has 0 radical (unpaired) electrons. The summed E-state index contributed by atoms with van der Waals surface area (Å²) in [6, 6.07) is 3.59. The Labute approximate surface area is 174 Å². The average Bonchev–Trinajstić information content (AvgIpc) is 2.55. The molecule has 0 heterocycles. The van der Waals surface area contributed by atoms with Gasteiger partial charge in [0.25, 0.3) is 10.1 Å². The Hall–Kier alpha value is -1.88. The van der Waals surface area contributed by atoms with Crippen LogP contribution in [-0.2, 0) is 23.8 Å². The minimum atomic E-state index is -3.89. The zero-order valence-corrected chi connectivity index (χ0v) is 19.0. The lowest BCUT2D eigenvalue weighted by molar-refractivity contribution is -0.153. The number of aliphatic hydroxyl groups is 1. The number of aryl methyl sites for hydroxylation is 3. The van der Waals surface area contributed by atoms with E-state index in [1.807, 2.05) is 6.92 Å². The summed E-state index contributed by atoms with van der Waals surface area (Å²) in [5.41, 5.74) is 1.72. The molecule has 1 unspecified atom stereocenters. The molecule has 1 N–H and O–H groups in total. The van der Waals surface area contributed by atoms with Crippen molar-refractivity contribution in [3.8, 4) is 11.8 Å². The molecule has 0 aliphatic rings. The van der Waals surface area contributed by atoms with E-state index in [1.54, 1.807) is 46.8 Å². The highest BCUT2D eigenvalue weighted by atomic mass is 32.2. The second-order valence-electron chi connectivity index (χ2n) is 8.18. The Kier molecular flexibility index (Phi) is 9.34. The van der Waals surface area contributed by atoms with Gasteiger partial charge in [-0.15, -0.1) is 0 Å². The first-order valence-electron chi connectivity index (χ1n) is 9.63. The molecule has 0 aromatic heterocycles. The van der Waals surface area contributed by atoms with Gasteiger partial charge in [0.05, 0.1) is 23.0 Å². The maximum atomic E-state index is 12.4. The third-order valence-corrected chi connectivity index (χ3v) is 5.70. The zero-order valence-electron chi connectivity index (χ0n) is 18.2. The minimum Gasteiger partial charge on any atom is -0.465 e. The molecule has 162 valence electrons. The van der Waals surface area contributed by atoms with E-state index in [0.717, 1.165) is 5.56 Å². The van der Waals surface area contributed by atoms with Crippen molar-refractivity contribution in [3.63, 3.8) is 0 Å². The second kappa shape index (κ2) is 10.8. The number of hydrogen-bond donors (Lipinski definition) is 1. The molecule has 0 aliphatic carbocycles. The molecule has 7 heteroatoms. The molecule has 0 amide bonds. The van der Waals surface area contributed by atoms with Crippen molar-refractivity contribution >= 4 is 16.1 Å². The summed E-state index contributed by atoms with van der Waals surface area (Å²) in [6.07, 6.45) is 0.488. The first-order valence-corrected chi connectivity index (χ1v) is 11.0. The van der Waals surface area contributed by atoms with Gasteiger partial charge in [-0.2, -0.15) is 8.42 Å². The minimum absolute atomic E-state index is 0.176. The van der Waals surface area contributed by atoms with Crippen molar-refractivity contribution in [1.82, 2.24) is 0 Å². The van der Waals surface area contributed by atoms with Crippen molar-refractivity contribution in [2.75, 3.05) is 13.2 Å². The fraction of sp³-hybridized carbons (Fsp3) is 0.591. The second-order valence-corrected chi connectivity index (χ2v) is 9.74. The van der Waals surface area contributed by atoms with Crippen LogP contribution in [0, 0.1) is 38.0 Å². The zero-order chi connectivity index (χ0) is 22.2. The van der Waals surface area contributed by atoms with Gasteiger partial charge in [0.15, 0.2) is 0 Å². The lowest BCUT2D eigenvalue weighted by Crippen LogP contribution is -2.23. The Balaban J connectivity index is 2.42. The summed E-state index contributed by atoms with van der Waals surface area (Å²) in [6.45, 7) is 10.7. The van der Waals surface area contributed by atoms with Gasteiger partial charge < -0.3 is 9.84 Å². The molecular formula is C22H32O6S. The topological polar surface area (TPSA) is 89.9 Å². The normalized spacial score (nSPS) is 12.8. The number of ether oxygens (including phenoxy) is 1. The van der Waals surface area contributed by atoms with E-state index in [9.17, 15) is 18.3 Å². The predicted molar refractivity (Wildman–Crippen MR) is 112 cm³/mol. The molecule has 0 aliphatic heterocycles. The number of benzene rings is 1. The SMILES string of the molecule is Cc1cc(C)c(S(=O)(=O)OCC#CCC(O)CCCOC(=O)C(C)(C)C)c(C)c1. The van der Waals surface area contributed by atoms with Crippen LogP contribution in [-0.4, -0.2) is 38.8 Å². The standard InChI is InChI=1S/C22H32O6S/c1-16-14-17(2)20(18(3)15-16)29(25,26)28-13-8-7-10-19(23)11-9-12-27-21(24)22(4,5)6/h14-15,19,23H,9-13H2,1-6H3. The highest BCUT2D eigenvalue weighted by molar-refractivity contribution is 7.86. The van der Waals surface area contributed by atoms with Crippen LogP contribution in [0.4, 0.5) is 0 Å². The van der Waals surface area contributed by atoms with Crippen molar-refractivity contribution in [1.29, 1.82) is 0 Å². The van der Waals surface area contributed by atoms with E-state index in [1.165, 1.54) is 0 Å². The lowest BCUT2D eigenvalue weighted by Gasteiger charge is -2.16. The van der Waals surface area contributed by atoms with Crippen LogP contribution >= 0.6 is 0 Å². The first-order chi connectivity index (χ1) is 13.3. The van der Waals surface area contributed by atoms with Gasteiger partial charge in [-0.1, -0.05) is 29.5 Å². The molecule has 0 bridgehead atoms. The summed E-state index contributed by atoms with van der Waals surface area (Å²) >= 11 is 0. The summed E-state index contributed by atoms with van der Waals surface area (Å²) in [7, 11) is -3.89. The van der Waals surface area contributed by atoms with Gasteiger partial charge in [-0.25, -0.2) is 0 Å². The predicted octanol–water partition coefficient (Wildman–Crippen LogP) is 3.44. The Bertz CT molecular complexity index is 846. The number of rotatable bonds is 8. The molecular weight excluding hydrogens is 392 g/mol. The fourth-order valence-corrected chi connectivity index (χ4v) is 4.01. The number of carbonyl (C=O) groups is 1. The number of aliphatic hydroxyl groups excluding tert-OH is 1. The molecule has 1 aromatic carbocycles. The maximum Gasteiger partial charge on any atom is 0.311 e. The van der Waals surface area contributed by atoms with Crippen LogP contribution in [0.1, 0.15) is 56.7 Å². The van der Waals surface area contributed by atoms with Gasteiger partial charge in [-0.3, -0.25) is 8.98 Å². The van der Waals surface area contributed by atoms with E-state index >= 15 is 0 Å². The van der Waals surface area contributed by atoms with Crippen LogP contribution in [0.15, 0.2) is 17.0 Å². The third kappa shape index (κ3) is 8.57. The molecule has 0 saturated carbocycles. The van der Waals surface area contributed by atoms with Gasteiger partial charge in [0, 0.05) is 6.42 Å². The van der Waals surface area contributed by atoms with E-state index in [-0.39, 0.29) is 30.5 Å². The van der Waals surface area contributed by atoms with E-state index in [4.69, 9.17) is 8.92 Å². The first kappa shape index (κ1) is 25.2.